The summed E-state index contributed by atoms with van der Waals surface area (Å²) in [6.45, 7) is 6.99. The molecule has 1 heterocycles. The summed E-state index contributed by atoms with van der Waals surface area (Å²) in [7, 11) is 0. The molecule has 0 atom stereocenters. The average Bonchev–Trinajstić information content (AvgIpc) is 3.31. The number of amides is 1. The number of hydrogen-bond acceptors (Lipinski definition) is 4. The van der Waals surface area contributed by atoms with Crippen LogP contribution in [0.2, 0.25) is 0 Å². The molecule has 4 nitrogen and oxygen atoms in total. The van der Waals surface area contributed by atoms with Crippen LogP contribution in [0.1, 0.15) is 43.7 Å². The first-order valence-electron chi connectivity index (χ1n) is 11.6. The Morgan fingerprint density at radius 2 is 1.68 bits per heavy atom. The summed E-state index contributed by atoms with van der Waals surface area (Å²) in [5.41, 5.74) is 6.82. The second kappa shape index (κ2) is 11.1. The van der Waals surface area contributed by atoms with Crippen molar-refractivity contribution >= 4 is 22.4 Å². The predicted molar refractivity (Wildman–Crippen MR) is 142 cm³/mol. The van der Waals surface area contributed by atoms with Gasteiger partial charge in [-0.1, -0.05) is 74.5 Å². The van der Waals surface area contributed by atoms with Crippen molar-refractivity contribution in [2.24, 2.45) is 0 Å². The highest BCUT2D eigenvalue weighted by molar-refractivity contribution is 7.14. The molecule has 0 radical (unpaired) electrons. The van der Waals surface area contributed by atoms with E-state index in [9.17, 15) is 4.79 Å². The summed E-state index contributed by atoms with van der Waals surface area (Å²) < 4.78 is 5.83. The minimum Gasteiger partial charge on any atom is -0.494 e. The van der Waals surface area contributed by atoms with Gasteiger partial charge >= 0.3 is 0 Å². The van der Waals surface area contributed by atoms with Gasteiger partial charge in [-0.05, 0) is 53.6 Å². The lowest BCUT2D eigenvalue weighted by Gasteiger charge is -2.12. The molecular formula is C29H30N2O2S. The van der Waals surface area contributed by atoms with Gasteiger partial charge in [-0.3, -0.25) is 4.79 Å². The highest BCUT2D eigenvalue weighted by Crippen LogP contribution is 2.28. The Balaban J connectivity index is 1.25. The second-order valence-electron chi connectivity index (χ2n) is 8.65. The van der Waals surface area contributed by atoms with Crippen molar-refractivity contribution in [2.45, 2.75) is 39.5 Å². The number of hydrogen-bond donors (Lipinski definition) is 1. The first kappa shape index (κ1) is 23.7. The van der Waals surface area contributed by atoms with Crippen molar-refractivity contribution in [3.63, 3.8) is 0 Å². The van der Waals surface area contributed by atoms with Gasteiger partial charge in [0.25, 0.3) is 0 Å². The molecule has 0 aliphatic heterocycles. The molecule has 0 fully saturated rings. The second-order valence-corrected chi connectivity index (χ2v) is 9.51. The van der Waals surface area contributed by atoms with Gasteiger partial charge in [0.15, 0.2) is 5.13 Å². The lowest BCUT2D eigenvalue weighted by molar-refractivity contribution is -0.116. The van der Waals surface area contributed by atoms with E-state index in [4.69, 9.17) is 4.74 Å². The average molecular weight is 471 g/mol. The maximum atomic E-state index is 12.3. The third-order valence-corrected chi connectivity index (χ3v) is 6.48. The Kier molecular flexibility index (Phi) is 7.76. The zero-order chi connectivity index (χ0) is 23.9. The number of carbonyl (C=O) groups excluding carboxylic acids is 1. The molecule has 0 unspecified atom stereocenters. The Labute approximate surface area is 205 Å². The van der Waals surface area contributed by atoms with Gasteiger partial charge in [-0.15, -0.1) is 11.3 Å². The predicted octanol–water partition coefficient (Wildman–Crippen LogP) is 7.71. The molecule has 4 rings (SSSR count). The van der Waals surface area contributed by atoms with Crippen LogP contribution in [0, 0.1) is 6.92 Å². The number of thiazole rings is 1. The van der Waals surface area contributed by atoms with E-state index in [1.165, 1.54) is 33.6 Å². The van der Waals surface area contributed by atoms with E-state index in [0.29, 0.717) is 30.5 Å². The molecule has 4 aromatic rings. The molecule has 1 aromatic heterocycles. The molecule has 0 bridgehead atoms. The van der Waals surface area contributed by atoms with Crippen LogP contribution in [0.4, 0.5) is 5.13 Å². The smallest absolute Gasteiger partial charge is 0.226 e. The number of anilines is 1. The van der Waals surface area contributed by atoms with E-state index < -0.39 is 0 Å². The van der Waals surface area contributed by atoms with Gasteiger partial charge in [-0.2, -0.15) is 0 Å². The fraction of sp³-hybridized carbons (Fsp3) is 0.241. The van der Waals surface area contributed by atoms with Crippen molar-refractivity contribution in [1.29, 1.82) is 0 Å². The standard InChI is InChI=1S/C29H30N2O2S/c1-20(2)26-16-15-25(18-21(26)3)33-17-7-10-28(32)31-29-30-27(19-34-29)24-13-11-23(12-14-24)22-8-5-4-6-9-22/h4-6,8-9,11-16,18-20H,7,10,17H2,1-3H3,(H,30,31,32). The van der Waals surface area contributed by atoms with Crippen LogP contribution < -0.4 is 10.1 Å². The van der Waals surface area contributed by atoms with E-state index in [1.54, 1.807) is 0 Å². The van der Waals surface area contributed by atoms with Gasteiger partial charge in [-0.25, -0.2) is 4.98 Å². The fourth-order valence-corrected chi connectivity index (χ4v) is 4.65. The van der Waals surface area contributed by atoms with Crippen LogP contribution in [0.3, 0.4) is 0 Å². The number of aryl methyl sites for hydroxylation is 1. The SMILES string of the molecule is Cc1cc(OCCCC(=O)Nc2nc(-c3ccc(-c4ccccc4)cc3)cs2)ccc1C(C)C. The molecule has 3 aromatic carbocycles. The van der Waals surface area contributed by atoms with Gasteiger partial charge in [0, 0.05) is 17.4 Å². The lowest BCUT2D eigenvalue weighted by atomic mass is 9.98. The molecule has 0 saturated heterocycles. The largest absolute Gasteiger partial charge is 0.494 e. The summed E-state index contributed by atoms with van der Waals surface area (Å²) in [6.07, 6.45) is 1.04. The quantitative estimate of drug-likeness (QED) is 0.255. The molecule has 0 aliphatic carbocycles. The van der Waals surface area contributed by atoms with E-state index >= 15 is 0 Å². The molecule has 174 valence electrons. The zero-order valence-electron chi connectivity index (χ0n) is 19.9. The van der Waals surface area contributed by atoms with Crippen molar-refractivity contribution < 1.29 is 9.53 Å². The first-order valence-corrected chi connectivity index (χ1v) is 12.5. The minimum absolute atomic E-state index is 0.0461. The highest BCUT2D eigenvalue weighted by Gasteiger charge is 2.09. The summed E-state index contributed by atoms with van der Waals surface area (Å²) in [6, 6.07) is 24.8. The minimum atomic E-state index is -0.0461. The monoisotopic (exact) mass is 470 g/mol. The lowest BCUT2D eigenvalue weighted by Crippen LogP contribution is -2.12. The zero-order valence-corrected chi connectivity index (χ0v) is 20.7. The molecule has 1 N–H and O–H groups in total. The fourth-order valence-electron chi connectivity index (χ4n) is 3.92. The van der Waals surface area contributed by atoms with E-state index in [2.05, 4.69) is 79.6 Å². The number of ether oxygens (including phenoxy) is 1. The van der Waals surface area contributed by atoms with Crippen LogP contribution in [-0.2, 0) is 4.79 Å². The van der Waals surface area contributed by atoms with Crippen molar-refractivity contribution in [1.82, 2.24) is 4.98 Å². The van der Waals surface area contributed by atoms with Crippen molar-refractivity contribution in [3.05, 3.63) is 89.3 Å². The van der Waals surface area contributed by atoms with Crippen LogP contribution in [0.15, 0.2) is 78.2 Å². The van der Waals surface area contributed by atoms with Crippen LogP contribution >= 0.6 is 11.3 Å². The van der Waals surface area contributed by atoms with Crippen LogP contribution in [0.25, 0.3) is 22.4 Å². The number of aromatic nitrogens is 1. The Morgan fingerprint density at radius 1 is 0.971 bits per heavy atom. The maximum Gasteiger partial charge on any atom is 0.226 e. The van der Waals surface area contributed by atoms with Crippen LogP contribution in [-0.4, -0.2) is 17.5 Å². The maximum absolute atomic E-state index is 12.3. The summed E-state index contributed by atoms with van der Waals surface area (Å²) in [5, 5.41) is 5.50. The molecular weight excluding hydrogens is 440 g/mol. The van der Waals surface area contributed by atoms with Crippen molar-refractivity contribution in [2.75, 3.05) is 11.9 Å². The first-order chi connectivity index (χ1) is 16.5. The molecule has 0 saturated carbocycles. The number of nitrogens with one attached hydrogen (secondary N) is 1. The topological polar surface area (TPSA) is 51.2 Å². The Hall–Kier alpha value is -3.44. The number of rotatable bonds is 9. The van der Waals surface area contributed by atoms with Crippen LogP contribution in [0.5, 0.6) is 5.75 Å². The normalized spacial score (nSPS) is 10.9. The van der Waals surface area contributed by atoms with E-state index in [-0.39, 0.29) is 5.91 Å². The van der Waals surface area contributed by atoms with Crippen molar-refractivity contribution in [3.8, 4) is 28.1 Å². The van der Waals surface area contributed by atoms with Gasteiger partial charge in [0.05, 0.1) is 12.3 Å². The summed E-state index contributed by atoms with van der Waals surface area (Å²) >= 11 is 1.44. The molecule has 1 amide bonds. The Morgan fingerprint density at radius 3 is 2.38 bits per heavy atom. The number of carbonyl (C=O) groups is 1. The Bertz CT molecular complexity index is 1230. The summed E-state index contributed by atoms with van der Waals surface area (Å²) in [5.74, 6) is 1.30. The van der Waals surface area contributed by atoms with Gasteiger partial charge in [0.1, 0.15) is 5.75 Å². The van der Waals surface area contributed by atoms with E-state index in [0.717, 1.165) is 17.0 Å². The molecule has 0 aliphatic rings. The third kappa shape index (κ3) is 6.12. The van der Waals surface area contributed by atoms with Gasteiger partial charge < -0.3 is 10.1 Å². The number of benzene rings is 3. The third-order valence-electron chi connectivity index (χ3n) is 5.72. The summed E-state index contributed by atoms with van der Waals surface area (Å²) in [4.78, 5) is 16.9. The molecule has 0 spiro atoms. The molecule has 34 heavy (non-hydrogen) atoms. The van der Waals surface area contributed by atoms with E-state index in [1.807, 2.05) is 29.6 Å². The van der Waals surface area contributed by atoms with Gasteiger partial charge in [0.2, 0.25) is 5.91 Å². The highest BCUT2D eigenvalue weighted by atomic mass is 32.1. The molecule has 5 heteroatoms. The number of nitrogens with zero attached hydrogens (tertiary/aromatic N) is 1.